The first-order valence-electron chi connectivity index (χ1n) is 7.19. The van der Waals surface area contributed by atoms with E-state index >= 15 is 0 Å². The molecule has 116 valence electrons. The number of likely N-dealkylation sites (N-methyl/N-ethyl adjacent to an activating group) is 1. The van der Waals surface area contributed by atoms with Crippen LogP contribution in [0.1, 0.15) is 5.56 Å². The summed E-state index contributed by atoms with van der Waals surface area (Å²) in [6.07, 6.45) is 0. The topological polar surface area (TPSA) is 35.7 Å². The minimum Gasteiger partial charge on any atom is -0.389 e. The predicted octanol–water partition coefficient (Wildman–Crippen LogP) is 1.14. The monoisotopic (exact) mass is 310 g/mol. The van der Waals surface area contributed by atoms with Crippen molar-refractivity contribution in [1.82, 2.24) is 9.80 Å². The molecule has 0 bridgehead atoms. The molecule has 6 heteroatoms. The van der Waals surface area contributed by atoms with Gasteiger partial charge in [-0.2, -0.15) is 0 Å². The molecule has 1 aliphatic rings. The van der Waals surface area contributed by atoms with Crippen LogP contribution in [0.4, 0.5) is 10.1 Å². The van der Waals surface area contributed by atoms with Crippen LogP contribution in [-0.2, 0) is 0 Å². The molecule has 2 N–H and O–H groups in total. The fraction of sp³-hybridized carbons (Fsp3) is 0.533. The maximum absolute atomic E-state index is 13.9. The molecule has 1 fully saturated rings. The molecule has 0 saturated carbocycles. The number of benzene rings is 1. The predicted molar refractivity (Wildman–Crippen MR) is 89.5 cm³/mol. The molecular formula is C15H23FN4S. The first-order chi connectivity index (χ1) is 9.99. The minimum absolute atomic E-state index is 0.123. The Labute approximate surface area is 131 Å². The van der Waals surface area contributed by atoms with Gasteiger partial charge in [0.25, 0.3) is 0 Å². The zero-order valence-corrected chi connectivity index (χ0v) is 13.5. The van der Waals surface area contributed by atoms with Crippen LogP contribution < -0.4 is 10.6 Å². The van der Waals surface area contributed by atoms with Crippen LogP contribution in [0.3, 0.4) is 0 Å². The number of piperazine rings is 1. The Morgan fingerprint density at radius 1 is 1.29 bits per heavy atom. The third kappa shape index (κ3) is 4.12. The van der Waals surface area contributed by atoms with Crippen LogP contribution in [-0.4, -0.2) is 68.2 Å². The van der Waals surface area contributed by atoms with Crippen molar-refractivity contribution < 1.29 is 4.39 Å². The quantitative estimate of drug-likeness (QED) is 0.826. The van der Waals surface area contributed by atoms with Gasteiger partial charge in [0.1, 0.15) is 10.8 Å². The lowest BCUT2D eigenvalue weighted by atomic mass is 10.1. The van der Waals surface area contributed by atoms with E-state index < -0.39 is 0 Å². The Balaban J connectivity index is 2.03. The Kier molecular flexibility index (Phi) is 5.50. The number of halogens is 1. The Hall–Kier alpha value is -1.24. The maximum atomic E-state index is 13.9. The van der Waals surface area contributed by atoms with Gasteiger partial charge in [-0.15, -0.1) is 0 Å². The molecule has 0 atom stereocenters. The van der Waals surface area contributed by atoms with Crippen molar-refractivity contribution in [1.29, 1.82) is 0 Å². The molecule has 0 amide bonds. The number of hydrogen-bond acceptors (Lipinski definition) is 4. The Bertz CT molecular complexity index is 498. The molecule has 1 saturated heterocycles. The van der Waals surface area contributed by atoms with Crippen LogP contribution in [0.5, 0.6) is 0 Å². The van der Waals surface area contributed by atoms with Gasteiger partial charge in [-0.3, -0.25) is 4.90 Å². The summed E-state index contributed by atoms with van der Waals surface area (Å²) in [4.78, 5) is 6.90. The van der Waals surface area contributed by atoms with Gasteiger partial charge in [0.05, 0.1) is 5.56 Å². The maximum Gasteiger partial charge on any atom is 0.135 e. The highest BCUT2D eigenvalue weighted by atomic mass is 32.1. The van der Waals surface area contributed by atoms with Crippen molar-refractivity contribution in [3.63, 3.8) is 0 Å². The summed E-state index contributed by atoms with van der Waals surface area (Å²) in [6.45, 7) is 5.80. The lowest BCUT2D eigenvalue weighted by Gasteiger charge is -2.37. The molecule has 1 aromatic carbocycles. The van der Waals surface area contributed by atoms with E-state index in [1.54, 1.807) is 6.07 Å². The molecule has 1 aliphatic heterocycles. The number of hydrogen-bond donors (Lipinski definition) is 1. The number of anilines is 1. The van der Waals surface area contributed by atoms with Crippen LogP contribution in [0, 0.1) is 5.82 Å². The average Bonchev–Trinajstić information content (AvgIpc) is 2.45. The molecule has 1 heterocycles. The van der Waals surface area contributed by atoms with Crippen LogP contribution in [0.2, 0.25) is 0 Å². The Morgan fingerprint density at radius 3 is 2.52 bits per heavy atom. The highest BCUT2D eigenvalue weighted by molar-refractivity contribution is 7.80. The Morgan fingerprint density at radius 2 is 1.95 bits per heavy atom. The highest BCUT2D eigenvalue weighted by Crippen LogP contribution is 2.24. The summed E-state index contributed by atoms with van der Waals surface area (Å²) in [5.74, 6) is -0.338. The van der Waals surface area contributed by atoms with Crippen molar-refractivity contribution in [2.45, 2.75) is 0 Å². The second kappa shape index (κ2) is 7.15. The smallest absolute Gasteiger partial charge is 0.135 e. The van der Waals surface area contributed by atoms with Crippen molar-refractivity contribution >= 4 is 22.9 Å². The lowest BCUT2D eigenvalue weighted by Crippen LogP contribution is -2.48. The molecule has 1 aromatic rings. The molecule has 21 heavy (non-hydrogen) atoms. The average molecular weight is 310 g/mol. The minimum atomic E-state index is -0.338. The normalized spacial score (nSPS) is 16.5. The zero-order chi connectivity index (χ0) is 15.4. The number of nitrogens with two attached hydrogens (primary N) is 1. The molecule has 0 unspecified atom stereocenters. The summed E-state index contributed by atoms with van der Waals surface area (Å²) in [5, 5.41) is 0. The van der Waals surface area contributed by atoms with E-state index in [0.29, 0.717) is 5.56 Å². The molecule has 0 radical (unpaired) electrons. The van der Waals surface area contributed by atoms with Gasteiger partial charge in [-0.05, 0) is 26.2 Å². The summed E-state index contributed by atoms with van der Waals surface area (Å²) >= 11 is 5.00. The largest absolute Gasteiger partial charge is 0.389 e. The zero-order valence-electron chi connectivity index (χ0n) is 12.7. The van der Waals surface area contributed by atoms with E-state index in [9.17, 15) is 4.39 Å². The first kappa shape index (κ1) is 16.1. The fourth-order valence-corrected chi connectivity index (χ4v) is 2.78. The van der Waals surface area contributed by atoms with Gasteiger partial charge >= 0.3 is 0 Å². The van der Waals surface area contributed by atoms with Gasteiger partial charge in [-0.25, -0.2) is 4.39 Å². The van der Waals surface area contributed by atoms with Crippen molar-refractivity contribution in [3.8, 4) is 0 Å². The molecule has 2 rings (SSSR count). The molecular weight excluding hydrogens is 287 g/mol. The number of rotatable bonds is 5. The third-order valence-corrected chi connectivity index (χ3v) is 4.02. The first-order valence-corrected chi connectivity index (χ1v) is 7.60. The molecule has 0 aliphatic carbocycles. The molecule has 4 nitrogen and oxygen atoms in total. The van der Waals surface area contributed by atoms with E-state index in [0.717, 1.165) is 45.0 Å². The van der Waals surface area contributed by atoms with Crippen molar-refractivity contribution in [2.24, 2.45) is 5.73 Å². The molecule has 0 aromatic heterocycles. The van der Waals surface area contributed by atoms with E-state index in [2.05, 4.69) is 28.8 Å². The number of nitrogens with zero attached hydrogens (tertiary/aromatic N) is 3. The highest BCUT2D eigenvalue weighted by Gasteiger charge is 2.21. The standard InChI is InChI=1S/C15H23FN4S/c1-18(2)6-7-19-8-10-20(11-9-19)13-5-3-4-12(16)14(13)15(17)21/h3-5H,6-11H2,1-2H3,(H2,17,21). The number of thiocarbonyl (C=S) groups is 1. The SMILES string of the molecule is CN(C)CCN1CCN(c2cccc(F)c2C(N)=S)CC1. The van der Waals surface area contributed by atoms with Gasteiger partial charge < -0.3 is 15.5 Å². The molecule has 0 spiro atoms. The second-order valence-corrected chi connectivity index (χ2v) is 6.07. The van der Waals surface area contributed by atoms with Crippen LogP contribution in [0.15, 0.2) is 18.2 Å². The lowest BCUT2D eigenvalue weighted by molar-refractivity contribution is 0.229. The van der Waals surface area contributed by atoms with Crippen LogP contribution in [0.25, 0.3) is 0 Å². The van der Waals surface area contributed by atoms with Gasteiger partial charge in [0.15, 0.2) is 0 Å². The van der Waals surface area contributed by atoms with E-state index in [1.807, 2.05) is 6.07 Å². The van der Waals surface area contributed by atoms with E-state index in [1.165, 1.54) is 6.07 Å². The summed E-state index contributed by atoms with van der Waals surface area (Å²) in [6, 6.07) is 5.02. The second-order valence-electron chi connectivity index (χ2n) is 5.63. The van der Waals surface area contributed by atoms with Crippen LogP contribution >= 0.6 is 12.2 Å². The van der Waals surface area contributed by atoms with Gasteiger partial charge in [-0.1, -0.05) is 18.3 Å². The fourth-order valence-electron chi connectivity index (χ4n) is 2.57. The third-order valence-electron chi connectivity index (χ3n) is 3.81. The van der Waals surface area contributed by atoms with E-state index in [4.69, 9.17) is 18.0 Å². The summed E-state index contributed by atoms with van der Waals surface area (Å²) in [7, 11) is 4.16. The van der Waals surface area contributed by atoms with Crippen molar-refractivity contribution in [2.75, 3.05) is 58.3 Å². The van der Waals surface area contributed by atoms with Crippen molar-refractivity contribution in [3.05, 3.63) is 29.6 Å². The summed E-state index contributed by atoms with van der Waals surface area (Å²) < 4.78 is 13.9. The van der Waals surface area contributed by atoms with Gasteiger partial charge in [0.2, 0.25) is 0 Å². The van der Waals surface area contributed by atoms with E-state index in [-0.39, 0.29) is 10.8 Å². The summed E-state index contributed by atoms with van der Waals surface area (Å²) in [5.41, 5.74) is 6.86. The van der Waals surface area contributed by atoms with Gasteiger partial charge in [0, 0.05) is 45.0 Å².